The number of sulfonamides is 1. The smallest absolute Gasteiger partial charge is 0.250 e. The van der Waals surface area contributed by atoms with Crippen LogP contribution >= 0.6 is 0 Å². The molecule has 5 nitrogen and oxygen atoms in total. The van der Waals surface area contributed by atoms with Gasteiger partial charge in [-0.25, -0.2) is 8.42 Å². The molecule has 1 aliphatic heterocycles. The Bertz CT molecular complexity index is 908. The van der Waals surface area contributed by atoms with Crippen molar-refractivity contribution in [1.82, 2.24) is 0 Å². The molecule has 0 fully saturated rings. The number of hydrogen-bond donors (Lipinski definition) is 0. The topological polar surface area (TPSA) is 57.7 Å². The van der Waals surface area contributed by atoms with Gasteiger partial charge in [-0.05, 0) is 49.6 Å². The quantitative estimate of drug-likeness (QED) is 0.844. The largest absolute Gasteiger partial charge is 0.310 e. The second-order valence-corrected chi connectivity index (χ2v) is 8.30. The molecule has 1 aliphatic rings. The molecule has 0 saturated carbocycles. The van der Waals surface area contributed by atoms with Crippen LogP contribution in [0.1, 0.15) is 18.1 Å². The van der Waals surface area contributed by atoms with Crippen LogP contribution in [0.3, 0.4) is 0 Å². The summed E-state index contributed by atoms with van der Waals surface area (Å²) in [6.45, 7) is 4.12. The number of aryl methyl sites for hydroxylation is 1. The first-order valence-electron chi connectivity index (χ1n) is 8.24. The Morgan fingerprint density at radius 3 is 2.56 bits per heavy atom. The number of anilines is 2. The van der Waals surface area contributed by atoms with Gasteiger partial charge in [0.25, 0.3) is 5.91 Å². The molecule has 2 aromatic rings. The lowest BCUT2D eigenvalue weighted by Gasteiger charge is -2.31. The first-order chi connectivity index (χ1) is 11.8. The van der Waals surface area contributed by atoms with Gasteiger partial charge in [0, 0.05) is 12.2 Å². The van der Waals surface area contributed by atoms with E-state index in [1.165, 1.54) is 4.31 Å². The predicted octanol–water partition coefficient (Wildman–Crippen LogP) is 2.74. The van der Waals surface area contributed by atoms with E-state index in [1.54, 1.807) is 30.0 Å². The summed E-state index contributed by atoms with van der Waals surface area (Å²) >= 11 is 0. The van der Waals surface area contributed by atoms with Crippen LogP contribution in [-0.2, 0) is 21.2 Å². The molecule has 0 unspecified atom stereocenters. The molecule has 2 aromatic carbocycles. The predicted molar refractivity (Wildman–Crippen MR) is 100 cm³/mol. The summed E-state index contributed by atoms with van der Waals surface area (Å²) in [5.74, 6) is -0.211. The van der Waals surface area contributed by atoms with E-state index in [-0.39, 0.29) is 5.91 Å². The van der Waals surface area contributed by atoms with Crippen LogP contribution < -0.4 is 9.21 Å². The molecule has 6 heteroatoms. The fourth-order valence-corrected chi connectivity index (χ4v) is 4.52. The van der Waals surface area contributed by atoms with Crippen molar-refractivity contribution in [2.75, 3.05) is 22.0 Å². The summed E-state index contributed by atoms with van der Waals surface area (Å²) in [6.07, 6.45) is 1.93. The van der Waals surface area contributed by atoms with Crippen molar-refractivity contribution in [3.05, 3.63) is 59.7 Å². The number of carbonyl (C=O) groups excluding carboxylic acids is 1. The summed E-state index contributed by atoms with van der Waals surface area (Å²) in [5, 5.41) is 0. The molecule has 0 spiro atoms. The van der Waals surface area contributed by atoms with Crippen molar-refractivity contribution in [2.24, 2.45) is 0 Å². The third-order valence-electron chi connectivity index (χ3n) is 4.48. The van der Waals surface area contributed by atoms with Crippen molar-refractivity contribution >= 4 is 27.3 Å². The molecular formula is C19H22N2O3S. The number of amides is 1. The maximum atomic E-state index is 13.1. The van der Waals surface area contributed by atoms with Gasteiger partial charge in [0.2, 0.25) is 10.0 Å². The van der Waals surface area contributed by atoms with Crippen molar-refractivity contribution in [1.29, 1.82) is 0 Å². The summed E-state index contributed by atoms with van der Waals surface area (Å²) in [7, 11) is -3.60. The molecule has 0 bridgehead atoms. The second kappa shape index (κ2) is 6.52. The maximum Gasteiger partial charge on any atom is 0.250 e. The lowest BCUT2D eigenvalue weighted by Crippen LogP contribution is -2.49. The third-order valence-corrected chi connectivity index (χ3v) is 5.72. The fraction of sp³-hybridized carbons (Fsp3) is 0.316. The Morgan fingerprint density at radius 2 is 1.88 bits per heavy atom. The van der Waals surface area contributed by atoms with E-state index in [0.717, 1.165) is 29.5 Å². The molecule has 1 heterocycles. The second-order valence-electron chi connectivity index (χ2n) is 6.44. The number of para-hydroxylation sites is 1. The van der Waals surface area contributed by atoms with Gasteiger partial charge in [0.15, 0.2) is 0 Å². The van der Waals surface area contributed by atoms with Crippen LogP contribution in [-0.4, -0.2) is 33.2 Å². The SMILES string of the molecule is Cc1cccc(N([C@@H](C)C(=O)N2CCc3ccccc32)S(C)(=O)=O)c1. The van der Waals surface area contributed by atoms with Crippen LogP contribution in [0.5, 0.6) is 0 Å². The van der Waals surface area contributed by atoms with Crippen LogP contribution in [0.2, 0.25) is 0 Å². The number of hydrogen-bond acceptors (Lipinski definition) is 3. The molecule has 25 heavy (non-hydrogen) atoms. The van der Waals surface area contributed by atoms with E-state index in [4.69, 9.17) is 0 Å². The summed E-state index contributed by atoms with van der Waals surface area (Å²) in [5.41, 5.74) is 3.44. The zero-order valence-corrected chi connectivity index (χ0v) is 15.5. The Hall–Kier alpha value is -2.34. The number of nitrogens with zero attached hydrogens (tertiary/aromatic N) is 2. The zero-order chi connectivity index (χ0) is 18.2. The molecule has 1 amide bonds. The van der Waals surface area contributed by atoms with E-state index >= 15 is 0 Å². The molecule has 0 aromatic heterocycles. The van der Waals surface area contributed by atoms with E-state index in [9.17, 15) is 13.2 Å². The zero-order valence-electron chi connectivity index (χ0n) is 14.6. The Labute approximate surface area is 148 Å². The van der Waals surface area contributed by atoms with E-state index in [1.807, 2.05) is 37.3 Å². The van der Waals surface area contributed by atoms with Gasteiger partial charge >= 0.3 is 0 Å². The molecule has 1 atom stereocenters. The molecule has 0 N–H and O–H groups in total. The van der Waals surface area contributed by atoms with Gasteiger partial charge < -0.3 is 4.90 Å². The lowest BCUT2D eigenvalue weighted by atomic mass is 10.1. The highest BCUT2D eigenvalue weighted by Gasteiger charge is 2.34. The highest BCUT2D eigenvalue weighted by molar-refractivity contribution is 7.92. The highest BCUT2D eigenvalue weighted by Crippen LogP contribution is 2.30. The van der Waals surface area contributed by atoms with Gasteiger partial charge in [-0.3, -0.25) is 9.10 Å². The van der Waals surface area contributed by atoms with Crippen molar-refractivity contribution < 1.29 is 13.2 Å². The minimum atomic E-state index is -3.60. The lowest BCUT2D eigenvalue weighted by molar-refractivity contribution is -0.119. The average Bonchev–Trinajstić information content (AvgIpc) is 2.97. The summed E-state index contributed by atoms with van der Waals surface area (Å²) in [4.78, 5) is 14.8. The molecule has 0 aliphatic carbocycles. The number of fused-ring (bicyclic) bond motifs is 1. The van der Waals surface area contributed by atoms with Gasteiger partial charge in [0.1, 0.15) is 6.04 Å². The van der Waals surface area contributed by atoms with E-state index in [0.29, 0.717) is 12.2 Å². The van der Waals surface area contributed by atoms with E-state index < -0.39 is 16.1 Å². The molecule has 3 rings (SSSR count). The van der Waals surface area contributed by atoms with Crippen molar-refractivity contribution in [3.63, 3.8) is 0 Å². The first-order valence-corrected chi connectivity index (χ1v) is 10.1. The number of benzene rings is 2. The Balaban J connectivity index is 1.96. The molecule has 0 radical (unpaired) electrons. The Kier molecular flexibility index (Phi) is 4.56. The minimum Gasteiger partial charge on any atom is -0.310 e. The van der Waals surface area contributed by atoms with Crippen molar-refractivity contribution in [3.8, 4) is 0 Å². The summed E-state index contributed by atoms with van der Waals surface area (Å²) < 4.78 is 26.0. The fourth-order valence-electron chi connectivity index (χ4n) is 3.36. The van der Waals surface area contributed by atoms with E-state index in [2.05, 4.69) is 0 Å². The van der Waals surface area contributed by atoms with Gasteiger partial charge in [-0.15, -0.1) is 0 Å². The van der Waals surface area contributed by atoms with Crippen LogP contribution in [0, 0.1) is 6.92 Å². The number of rotatable bonds is 4. The third kappa shape index (κ3) is 3.39. The Morgan fingerprint density at radius 1 is 1.16 bits per heavy atom. The van der Waals surface area contributed by atoms with Gasteiger partial charge in [-0.2, -0.15) is 0 Å². The maximum absolute atomic E-state index is 13.1. The highest BCUT2D eigenvalue weighted by atomic mass is 32.2. The average molecular weight is 358 g/mol. The van der Waals surface area contributed by atoms with Crippen LogP contribution in [0.4, 0.5) is 11.4 Å². The number of carbonyl (C=O) groups is 1. The van der Waals surface area contributed by atoms with Crippen LogP contribution in [0.15, 0.2) is 48.5 Å². The van der Waals surface area contributed by atoms with Crippen molar-refractivity contribution in [2.45, 2.75) is 26.3 Å². The summed E-state index contributed by atoms with van der Waals surface area (Å²) in [6, 6.07) is 14.1. The first kappa shape index (κ1) is 17.5. The molecular weight excluding hydrogens is 336 g/mol. The normalized spacial score (nSPS) is 14.9. The van der Waals surface area contributed by atoms with Crippen LogP contribution in [0.25, 0.3) is 0 Å². The minimum absolute atomic E-state index is 0.211. The monoisotopic (exact) mass is 358 g/mol. The standard InChI is InChI=1S/C19H22N2O3S/c1-14-7-6-9-17(13-14)21(25(3,23)24)15(2)19(22)20-12-11-16-8-4-5-10-18(16)20/h4-10,13,15H,11-12H2,1-3H3/t15-/m0/s1. The molecule has 0 saturated heterocycles. The van der Waals surface area contributed by atoms with Gasteiger partial charge in [0.05, 0.1) is 11.9 Å². The van der Waals surface area contributed by atoms with Gasteiger partial charge in [-0.1, -0.05) is 30.3 Å². The molecule has 132 valence electrons.